The Hall–Kier alpha value is -0.990. The third kappa shape index (κ3) is 42.0. The predicted molar refractivity (Wildman–Crippen MR) is 228 cm³/mol. The van der Waals surface area contributed by atoms with Crippen LogP contribution in [0.4, 0.5) is 0 Å². The number of ether oxygens (including phenoxy) is 1. The van der Waals surface area contributed by atoms with E-state index in [9.17, 15) is 14.3 Å². The van der Waals surface area contributed by atoms with Crippen molar-refractivity contribution >= 4 is 24.7 Å². The van der Waals surface area contributed by atoms with Gasteiger partial charge in [0.25, 0.3) is 7.82 Å². The monoisotopic (exact) mass is 784 g/mol. The first kappa shape index (κ1) is 52.0. The molecule has 9 heteroatoms. The van der Waals surface area contributed by atoms with Gasteiger partial charge in [-0.2, -0.15) is 0 Å². The van der Waals surface area contributed by atoms with Crippen molar-refractivity contribution in [3.05, 3.63) is 48.6 Å². The molecule has 0 aromatic carbocycles. The van der Waals surface area contributed by atoms with Crippen molar-refractivity contribution in [1.29, 1.82) is 0 Å². The maximum atomic E-state index is 12.8. The summed E-state index contributed by atoms with van der Waals surface area (Å²) in [5.74, 6) is 0. The summed E-state index contributed by atoms with van der Waals surface area (Å²) in [7, 11) is 1.44. The highest BCUT2D eigenvalue weighted by atomic mass is 32.2. The lowest BCUT2D eigenvalue weighted by Crippen LogP contribution is -2.37. The highest BCUT2D eigenvalue weighted by Crippen LogP contribution is 2.39. The van der Waals surface area contributed by atoms with E-state index in [0.29, 0.717) is 24.1 Å². The van der Waals surface area contributed by atoms with Crippen LogP contribution in [-0.4, -0.2) is 69.0 Å². The molecular weight excluding hydrogens is 702 g/mol. The van der Waals surface area contributed by atoms with Crippen LogP contribution in [0.1, 0.15) is 168 Å². The molecule has 0 aliphatic heterocycles. The first-order valence-electron chi connectivity index (χ1n) is 21.4. The van der Waals surface area contributed by atoms with Gasteiger partial charge in [0.1, 0.15) is 13.2 Å². The Balaban J connectivity index is 4.36. The highest BCUT2D eigenvalue weighted by molar-refractivity contribution is 8.14. The molecule has 0 aliphatic rings. The molecule has 2 unspecified atom stereocenters. The number of rotatable bonds is 39. The number of hydrogen-bond acceptors (Lipinski definition) is 7. The number of quaternary nitrogens is 1. The molecule has 53 heavy (non-hydrogen) atoms. The molecule has 0 fully saturated rings. The van der Waals surface area contributed by atoms with E-state index in [1.807, 2.05) is 21.1 Å². The van der Waals surface area contributed by atoms with Gasteiger partial charge in [0.2, 0.25) is 0 Å². The largest absolute Gasteiger partial charge is 0.756 e. The van der Waals surface area contributed by atoms with Gasteiger partial charge in [-0.3, -0.25) is 9.36 Å². The molecule has 2 atom stereocenters. The number of allylic oxidation sites excluding steroid dienone is 8. The Bertz CT molecular complexity index is 993. The van der Waals surface area contributed by atoms with Crippen molar-refractivity contribution in [1.82, 2.24) is 0 Å². The minimum atomic E-state index is -4.47. The maximum Gasteiger partial charge on any atom is 0.268 e. The normalized spacial score (nSPS) is 14.4. The fraction of sp³-hybridized carbons (Fsp3) is 0.795. The molecule has 0 N–H and O–H groups in total. The lowest BCUT2D eigenvalue weighted by atomic mass is 10.0. The van der Waals surface area contributed by atoms with Gasteiger partial charge in [0, 0.05) is 13.0 Å². The average Bonchev–Trinajstić information content (AvgIpc) is 3.11. The van der Waals surface area contributed by atoms with E-state index >= 15 is 0 Å². The number of hydrogen-bond donors (Lipinski definition) is 0. The van der Waals surface area contributed by atoms with E-state index in [1.54, 1.807) is 0 Å². The Labute approximate surface area is 332 Å². The maximum absolute atomic E-state index is 12.8. The third-order valence-electron chi connectivity index (χ3n) is 8.88. The topological polar surface area (TPSA) is 84.9 Å². The van der Waals surface area contributed by atoms with E-state index in [0.717, 1.165) is 56.7 Å². The van der Waals surface area contributed by atoms with E-state index in [2.05, 4.69) is 62.5 Å². The second-order valence-electron chi connectivity index (χ2n) is 15.4. The van der Waals surface area contributed by atoms with Crippen molar-refractivity contribution in [3.63, 3.8) is 0 Å². The molecular formula is C44H82NO6PS. The molecule has 0 rings (SSSR count). The Kier molecular flexibility index (Phi) is 37.2. The fourth-order valence-electron chi connectivity index (χ4n) is 5.54. The molecule has 0 aliphatic carbocycles. The van der Waals surface area contributed by atoms with Gasteiger partial charge in [-0.15, -0.1) is 0 Å². The molecule has 0 saturated heterocycles. The minimum absolute atomic E-state index is 0.0289. The minimum Gasteiger partial charge on any atom is -0.756 e. The summed E-state index contributed by atoms with van der Waals surface area (Å²) in [5.41, 5.74) is 0. The molecule has 0 spiro atoms. The number of carbonyl (C=O) groups is 1. The van der Waals surface area contributed by atoms with Crippen LogP contribution < -0.4 is 4.89 Å². The third-order valence-corrected chi connectivity index (χ3v) is 10.9. The smallest absolute Gasteiger partial charge is 0.268 e. The van der Waals surface area contributed by atoms with E-state index < -0.39 is 13.1 Å². The lowest BCUT2D eigenvalue weighted by Gasteiger charge is -2.28. The van der Waals surface area contributed by atoms with Gasteiger partial charge in [0.15, 0.2) is 5.12 Å². The van der Waals surface area contributed by atoms with Crippen molar-refractivity contribution in [2.24, 2.45) is 0 Å². The van der Waals surface area contributed by atoms with E-state index in [1.165, 1.54) is 103 Å². The summed E-state index contributed by atoms with van der Waals surface area (Å²) < 4.78 is 29.2. The van der Waals surface area contributed by atoms with Crippen LogP contribution in [0.25, 0.3) is 0 Å². The number of carbonyl (C=O) groups excluding carboxylic acids is 1. The molecule has 310 valence electrons. The molecule has 0 bridgehead atoms. The molecule has 0 heterocycles. The van der Waals surface area contributed by atoms with Gasteiger partial charge in [0.05, 0.1) is 39.6 Å². The second-order valence-corrected chi connectivity index (χ2v) is 18.1. The summed E-state index contributed by atoms with van der Waals surface area (Å²) in [4.78, 5) is 25.2. The van der Waals surface area contributed by atoms with E-state index in [4.69, 9.17) is 13.8 Å². The zero-order valence-corrected chi connectivity index (χ0v) is 36.7. The Morgan fingerprint density at radius 3 is 1.57 bits per heavy atom. The van der Waals surface area contributed by atoms with Gasteiger partial charge in [-0.05, 0) is 51.4 Å². The predicted octanol–water partition coefficient (Wildman–Crippen LogP) is 12.5. The molecule has 0 radical (unpaired) electrons. The molecule has 0 aromatic heterocycles. The van der Waals surface area contributed by atoms with Gasteiger partial charge < -0.3 is 23.2 Å². The van der Waals surface area contributed by atoms with Crippen molar-refractivity contribution < 1.29 is 32.5 Å². The van der Waals surface area contributed by atoms with Crippen LogP contribution in [0.3, 0.4) is 0 Å². The second kappa shape index (κ2) is 37.9. The number of likely N-dealkylation sites (N-methyl/N-ethyl adjacent to an activating group) is 1. The van der Waals surface area contributed by atoms with Crippen LogP contribution in [0.5, 0.6) is 0 Å². The van der Waals surface area contributed by atoms with Crippen LogP contribution >= 0.6 is 19.6 Å². The van der Waals surface area contributed by atoms with Crippen LogP contribution in [0.15, 0.2) is 48.6 Å². The fourth-order valence-corrected chi connectivity index (χ4v) is 7.32. The molecule has 0 saturated carbocycles. The van der Waals surface area contributed by atoms with Crippen molar-refractivity contribution in [2.75, 3.05) is 54.1 Å². The summed E-state index contributed by atoms with van der Waals surface area (Å²) in [6, 6.07) is 0. The summed E-state index contributed by atoms with van der Waals surface area (Å²) >= 11 is 1.14. The molecule has 0 aromatic rings. The van der Waals surface area contributed by atoms with E-state index in [-0.39, 0.29) is 24.9 Å². The average molecular weight is 784 g/mol. The van der Waals surface area contributed by atoms with Crippen LogP contribution in [-0.2, 0) is 23.1 Å². The number of phosphoric ester groups is 1. The van der Waals surface area contributed by atoms with Gasteiger partial charge in [-0.1, -0.05) is 171 Å². The SMILES string of the molecule is CCCCCC=CCC=CCC=CCC=CCCCC(=O)SC(COCCCCCCCCCCCCCCCC)COP(=O)([O-])OCC[N+](C)(C)C. The zero-order valence-electron chi connectivity index (χ0n) is 35.0. The first-order valence-corrected chi connectivity index (χ1v) is 23.7. The first-order chi connectivity index (χ1) is 25.6. The Morgan fingerprint density at radius 1 is 0.604 bits per heavy atom. The number of thioether (sulfide) groups is 1. The summed E-state index contributed by atoms with van der Waals surface area (Å²) in [6.07, 6.45) is 45.7. The highest BCUT2D eigenvalue weighted by Gasteiger charge is 2.20. The number of phosphoric acid groups is 1. The lowest BCUT2D eigenvalue weighted by molar-refractivity contribution is -0.870. The molecule has 0 amide bonds. The van der Waals surface area contributed by atoms with Gasteiger partial charge >= 0.3 is 0 Å². The number of unbranched alkanes of at least 4 members (excludes halogenated alkanes) is 17. The summed E-state index contributed by atoms with van der Waals surface area (Å²) in [6.45, 7) is 5.82. The Morgan fingerprint density at radius 2 is 1.06 bits per heavy atom. The zero-order chi connectivity index (χ0) is 39.1. The quantitative estimate of drug-likeness (QED) is 0.0266. The summed E-state index contributed by atoms with van der Waals surface area (Å²) in [5, 5.41) is -0.378. The van der Waals surface area contributed by atoms with Crippen LogP contribution in [0.2, 0.25) is 0 Å². The number of nitrogens with zero attached hydrogens (tertiary/aromatic N) is 1. The van der Waals surface area contributed by atoms with Crippen molar-refractivity contribution in [2.45, 2.75) is 173 Å². The van der Waals surface area contributed by atoms with Crippen molar-refractivity contribution in [3.8, 4) is 0 Å². The molecule has 7 nitrogen and oxygen atoms in total. The van der Waals surface area contributed by atoms with Gasteiger partial charge in [-0.25, -0.2) is 0 Å². The van der Waals surface area contributed by atoms with Crippen LogP contribution in [0, 0.1) is 0 Å². The standard InChI is InChI=1S/C44H82NO6PS/c1-6-8-10-12-14-16-18-20-22-23-24-25-27-29-31-33-35-37-44(46)53-43(42-51-52(47,48)50-40-38-45(3,4)5)41-49-39-36-34-32-30-28-26-21-19-17-15-13-11-9-7-2/h14,16,20,22,24-25,29,31,43H,6-13,15,17-19,21,23,26-28,30,32-42H2,1-5H3.